The van der Waals surface area contributed by atoms with Crippen molar-refractivity contribution in [3.8, 4) is 0 Å². The number of hydrogen-bond donors (Lipinski definition) is 1. The number of hydrogen-bond acceptors (Lipinski definition) is 4. The Morgan fingerprint density at radius 1 is 1.12 bits per heavy atom. The second-order valence-corrected chi connectivity index (χ2v) is 4.57. The molecular formula is C9H6Cl3N3O2. The van der Waals surface area contributed by atoms with E-state index in [2.05, 4.69) is 10.3 Å². The minimum absolute atomic E-state index is 0.00355. The second-order valence-electron chi connectivity index (χ2n) is 3.39. The Morgan fingerprint density at radius 2 is 1.71 bits per heavy atom. The van der Waals surface area contributed by atoms with E-state index in [9.17, 15) is 9.59 Å². The lowest BCUT2D eigenvalue weighted by atomic mass is 10.3. The summed E-state index contributed by atoms with van der Waals surface area (Å²) in [7, 11) is 0. The van der Waals surface area contributed by atoms with Crippen LogP contribution in [-0.4, -0.2) is 29.9 Å². The van der Waals surface area contributed by atoms with Crippen molar-refractivity contribution in [1.29, 1.82) is 0 Å². The average molecular weight is 295 g/mol. The van der Waals surface area contributed by atoms with Gasteiger partial charge in [-0.1, -0.05) is 34.8 Å². The molecular weight excluding hydrogens is 288 g/mol. The molecule has 0 aromatic carbocycles. The van der Waals surface area contributed by atoms with E-state index >= 15 is 0 Å². The van der Waals surface area contributed by atoms with Crippen LogP contribution in [0.3, 0.4) is 0 Å². The molecule has 2 amide bonds. The number of piperazine rings is 1. The van der Waals surface area contributed by atoms with Crippen molar-refractivity contribution < 1.29 is 9.59 Å². The normalized spacial score (nSPS) is 16.1. The number of halogens is 3. The number of nitrogens with one attached hydrogen (secondary N) is 1. The maximum absolute atomic E-state index is 11.2. The minimum Gasteiger partial charge on any atom is -0.337 e. The molecule has 5 nitrogen and oxygen atoms in total. The Balaban J connectivity index is 2.36. The Labute approximate surface area is 112 Å². The molecule has 8 heteroatoms. The number of anilines is 1. The number of amides is 2. The quantitative estimate of drug-likeness (QED) is 0.630. The third-order valence-electron chi connectivity index (χ3n) is 2.12. The first-order valence-corrected chi connectivity index (χ1v) is 5.70. The lowest BCUT2D eigenvalue weighted by Gasteiger charge is -2.27. The number of nitrogens with zero attached hydrogens (tertiary/aromatic N) is 2. The molecule has 17 heavy (non-hydrogen) atoms. The SMILES string of the molecule is O=C1CN(c2nc(Cl)c(Cl)cc2Cl)CC(=O)N1. The van der Waals surface area contributed by atoms with Gasteiger partial charge in [-0.15, -0.1) is 0 Å². The van der Waals surface area contributed by atoms with E-state index in [0.717, 1.165) is 0 Å². The monoisotopic (exact) mass is 293 g/mol. The first-order chi connectivity index (χ1) is 7.97. The molecule has 0 bridgehead atoms. The van der Waals surface area contributed by atoms with Crippen molar-refractivity contribution in [2.24, 2.45) is 0 Å². The zero-order chi connectivity index (χ0) is 12.6. The lowest BCUT2D eigenvalue weighted by Crippen LogP contribution is -2.51. The Kier molecular flexibility index (Phi) is 3.42. The first-order valence-electron chi connectivity index (χ1n) is 4.56. The van der Waals surface area contributed by atoms with Gasteiger partial charge in [-0.3, -0.25) is 14.9 Å². The van der Waals surface area contributed by atoms with E-state index in [1.165, 1.54) is 11.0 Å². The number of imide groups is 1. The molecule has 90 valence electrons. The van der Waals surface area contributed by atoms with Crippen LogP contribution in [0, 0.1) is 0 Å². The summed E-state index contributed by atoms with van der Waals surface area (Å²) in [4.78, 5) is 27.8. The molecule has 1 aliphatic heterocycles. The molecule has 1 fully saturated rings. The molecule has 1 aromatic rings. The van der Waals surface area contributed by atoms with Gasteiger partial charge in [-0.2, -0.15) is 0 Å². The van der Waals surface area contributed by atoms with Crippen molar-refractivity contribution in [3.63, 3.8) is 0 Å². The summed E-state index contributed by atoms with van der Waals surface area (Å²) in [6, 6.07) is 1.42. The molecule has 0 spiro atoms. The van der Waals surface area contributed by atoms with Gasteiger partial charge in [0.15, 0.2) is 0 Å². The third-order valence-corrected chi connectivity index (χ3v) is 3.07. The standard InChI is InChI=1S/C9H6Cl3N3O2/c10-4-1-5(11)9(14-8(4)12)15-2-6(16)13-7(17)3-15/h1H,2-3H2,(H,13,16,17). The van der Waals surface area contributed by atoms with E-state index in [4.69, 9.17) is 34.8 Å². The van der Waals surface area contributed by atoms with Crippen molar-refractivity contribution in [1.82, 2.24) is 10.3 Å². The molecule has 1 aromatic heterocycles. The fourth-order valence-electron chi connectivity index (χ4n) is 1.44. The number of pyridine rings is 1. The molecule has 0 radical (unpaired) electrons. The van der Waals surface area contributed by atoms with Crippen LogP contribution in [0.15, 0.2) is 6.07 Å². The zero-order valence-electron chi connectivity index (χ0n) is 8.34. The van der Waals surface area contributed by atoms with E-state index in [-0.39, 0.29) is 34.1 Å². The molecule has 0 unspecified atom stereocenters. The fourth-order valence-corrected chi connectivity index (χ4v) is 2.06. The molecule has 0 saturated carbocycles. The Hall–Kier alpha value is -1.04. The number of carbonyl (C=O) groups is 2. The molecule has 1 saturated heterocycles. The average Bonchev–Trinajstić information content (AvgIpc) is 2.22. The predicted octanol–water partition coefficient (Wildman–Crippen LogP) is 1.50. The number of carbonyl (C=O) groups excluding carboxylic acids is 2. The summed E-state index contributed by atoms with van der Waals surface area (Å²) in [5, 5.41) is 2.70. The highest BCUT2D eigenvalue weighted by molar-refractivity contribution is 6.43. The van der Waals surface area contributed by atoms with E-state index < -0.39 is 11.8 Å². The van der Waals surface area contributed by atoms with Gasteiger partial charge in [0.1, 0.15) is 11.0 Å². The predicted molar refractivity (Wildman–Crippen MR) is 64.6 cm³/mol. The van der Waals surface area contributed by atoms with Crippen LogP contribution < -0.4 is 10.2 Å². The van der Waals surface area contributed by atoms with Gasteiger partial charge in [-0.25, -0.2) is 4.98 Å². The van der Waals surface area contributed by atoms with Crippen LogP contribution in [0.2, 0.25) is 15.2 Å². The van der Waals surface area contributed by atoms with E-state index in [1.54, 1.807) is 0 Å². The molecule has 0 atom stereocenters. The van der Waals surface area contributed by atoms with Crippen molar-refractivity contribution in [2.75, 3.05) is 18.0 Å². The summed E-state index contributed by atoms with van der Waals surface area (Å²) >= 11 is 17.4. The van der Waals surface area contributed by atoms with E-state index in [1.807, 2.05) is 0 Å². The third kappa shape index (κ3) is 2.62. The summed E-state index contributed by atoms with van der Waals surface area (Å²) in [6.45, 7) is -0.00710. The van der Waals surface area contributed by atoms with Crippen molar-refractivity contribution in [2.45, 2.75) is 0 Å². The largest absolute Gasteiger partial charge is 0.337 e. The maximum Gasteiger partial charge on any atom is 0.246 e. The van der Waals surface area contributed by atoms with Gasteiger partial charge in [0.05, 0.1) is 23.1 Å². The number of aromatic nitrogens is 1. The van der Waals surface area contributed by atoms with Crippen LogP contribution in [0.5, 0.6) is 0 Å². The van der Waals surface area contributed by atoms with Gasteiger partial charge >= 0.3 is 0 Å². The summed E-state index contributed by atoms with van der Waals surface area (Å²) < 4.78 is 0. The topological polar surface area (TPSA) is 62.3 Å². The van der Waals surface area contributed by atoms with Gasteiger partial charge in [0, 0.05) is 0 Å². The van der Waals surface area contributed by atoms with Crippen LogP contribution in [0.4, 0.5) is 5.82 Å². The van der Waals surface area contributed by atoms with Gasteiger partial charge in [-0.05, 0) is 6.07 Å². The van der Waals surface area contributed by atoms with Gasteiger partial charge in [0.25, 0.3) is 0 Å². The summed E-state index contributed by atoms with van der Waals surface area (Å²) in [5.41, 5.74) is 0. The van der Waals surface area contributed by atoms with Crippen molar-refractivity contribution >= 4 is 52.4 Å². The van der Waals surface area contributed by atoms with Crippen LogP contribution in [0.1, 0.15) is 0 Å². The summed E-state index contributed by atoms with van der Waals surface area (Å²) in [6.07, 6.45) is 0. The smallest absolute Gasteiger partial charge is 0.246 e. The first kappa shape index (κ1) is 12.4. The highest BCUT2D eigenvalue weighted by atomic mass is 35.5. The highest BCUT2D eigenvalue weighted by Gasteiger charge is 2.25. The van der Waals surface area contributed by atoms with Gasteiger partial charge < -0.3 is 4.90 Å². The highest BCUT2D eigenvalue weighted by Crippen LogP contribution is 2.31. The molecule has 2 heterocycles. The van der Waals surface area contributed by atoms with E-state index in [0.29, 0.717) is 0 Å². The summed E-state index contributed by atoms with van der Waals surface area (Å²) in [5.74, 6) is -0.556. The fraction of sp³-hybridized carbons (Fsp3) is 0.222. The molecule has 1 aliphatic rings. The maximum atomic E-state index is 11.2. The second kappa shape index (κ2) is 4.68. The molecule has 0 aliphatic carbocycles. The van der Waals surface area contributed by atoms with Crippen LogP contribution in [0.25, 0.3) is 0 Å². The lowest BCUT2D eigenvalue weighted by molar-refractivity contribution is -0.130. The minimum atomic E-state index is -0.412. The van der Waals surface area contributed by atoms with Crippen LogP contribution >= 0.6 is 34.8 Å². The van der Waals surface area contributed by atoms with Crippen molar-refractivity contribution in [3.05, 3.63) is 21.3 Å². The number of rotatable bonds is 1. The Bertz CT molecular complexity index is 491. The molecule has 2 rings (SSSR count). The molecule has 1 N–H and O–H groups in total. The zero-order valence-corrected chi connectivity index (χ0v) is 10.6. The van der Waals surface area contributed by atoms with Crippen LogP contribution in [-0.2, 0) is 9.59 Å². The van der Waals surface area contributed by atoms with Gasteiger partial charge in [0.2, 0.25) is 11.8 Å². The Morgan fingerprint density at radius 3 is 2.29 bits per heavy atom.